The smallest absolute Gasteiger partial charge is 0.0682 e. The summed E-state index contributed by atoms with van der Waals surface area (Å²) in [5.41, 5.74) is 6.87. The highest BCUT2D eigenvalue weighted by molar-refractivity contribution is 8.00. The van der Waals surface area contributed by atoms with E-state index in [1.54, 1.807) is 0 Å². The van der Waals surface area contributed by atoms with Crippen LogP contribution in [0, 0.1) is 0 Å². The SMILES string of the molecule is CCCCCC[C@@H]1NN[C@@H](CCCCCC)S1. The maximum absolute atomic E-state index is 3.44. The quantitative estimate of drug-likeness (QED) is 0.567. The number of rotatable bonds is 10. The second-order valence-electron chi connectivity index (χ2n) is 5.10. The van der Waals surface area contributed by atoms with Crippen LogP contribution in [0.5, 0.6) is 0 Å². The van der Waals surface area contributed by atoms with Gasteiger partial charge in [-0.05, 0) is 12.8 Å². The van der Waals surface area contributed by atoms with E-state index >= 15 is 0 Å². The molecule has 0 aromatic rings. The zero-order chi connectivity index (χ0) is 12.3. The Hall–Kier alpha value is 0.270. The van der Waals surface area contributed by atoms with Crippen LogP contribution in [0.2, 0.25) is 0 Å². The summed E-state index contributed by atoms with van der Waals surface area (Å²) >= 11 is 2.10. The molecule has 1 rings (SSSR count). The van der Waals surface area contributed by atoms with E-state index in [1.165, 1.54) is 64.2 Å². The minimum Gasteiger partial charge on any atom is -0.244 e. The van der Waals surface area contributed by atoms with Crippen molar-refractivity contribution in [1.29, 1.82) is 0 Å². The highest BCUT2D eigenvalue weighted by Gasteiger charge is 2.22. The minimum atomic E-state index is 0.656. The van der Waals surface area contributed by atoms with Crippen molar-refractivity contribution in [3.63, 3.8) is 0 Å². The van der Waals surface area contributed by atoms with E-state index in [2.05, 4.69) is 36.5 Å². The van der Waals surface area contributed by atoms with Crippen LogP contribution in [-0.2, 0) is 0 Å². The lowest BCUT2D eigenvalue weighted by atomic mass is 10.1. The Morgan fingerprint density at radius 2 is 1.18 bits per heavy atom. The molecule has 0 radical (unpaired) electrons. The molecule has 0 bridgehead atoms. The molecule has 0 unspecified atom stereocenters. The van der Waals surface area contributed by atoms with Gasteiger partial charge in [-0.25, -0.2) is 10.9 Å². The van der Waals surface area contributed by atoms with Crippen LogP contribution in [-0.4, -0.2) is 10.7 Å². The van der Waals surface area contributed by atoms with E-state index in [0.717, 1.165) is 0 Å². The predicted molar refractivity (Wildman–Crippen MR) is 79.0 cm³/mol. The van der Waals surface area contributed by atoms with E-state index < -0.39 is 0 Å². The molecule has 3 heteroatoms. The highest BCUT2D eigenvalue weighted by atomic mass is 32.2. The van der Waals surface area contributed by atoms with Crippen molar-refractivity contribution in [1.82, 2.24) is 10.9 Å². The van der Waals surface area contributed by atoms with Crippen molar-refractivity contribution in [2.24, 2.45) is 0 Å². The van der Waals surface area contributed by atoms with Crippen molar-refractivity contribution >= 4 is 11.8 Å². The molecule has 0 aromatic heterocycles. The van der Waals surface area contributed by atoms with Crippen molar-refractivity contribution in [2.45, 2.75) is 88.8 Å². The molecule has 0 aliphatic carbocycles. The molecular formula is C14H30N2S. The molecule has 2 N–H and O–H groups in total. The Bertz CT molecular complexity index is 158. The van der Waals surface area contributed by atoms with Gasteiger partial charge in [-0.2, -0.15) is 0 Å². The van der Waals surface area contributed by atoms with Gasteiger partial charge >= 0.3 is 0 Å². The van der Waals surface area contributed by atoms with Crippen LogP contribution in [0.1, 0.15) is 78.1 Å². The molecule has 1 heterocycles. The molecule has 17 heavy (non-hydrogen) atoms. The summed E-state index contributed by atoms with van der Waals surface area (Å²) in [7, 11) is 0. The number of unbranched alkanes of at least 4 members (excludes halogenated alkanes) is 6. The summed E-state index contributed by atoms with van der Waals surface area (Å²) in [6, 6.07) is 0. The molecule has 1 aliphatic rings. The zero-order valence-corrected chi connectivity index (χ0v) is 12.5. The molecule has 2 atom stereocenters. The standard InChI is InChI=1S/C14H30N2S/c1-3-5-7-9-11-13-15-16-14(17-13)12-10-8-6-4-2/h13-16H,3-12H2,1-2H3/t13-,14-/m1/s1. The summed E-state index contributed by atoms with van der Waals surface area (Å²) in [4.78, 5) is 0. The second-order valence-corrected chi connectivity index (χ2v) is 6.51. The molecule has 0 aromatic carbocycles. The molecule has 2 nitrogen and oxygen atoms in total. The van der Waals surface area contributed by atoms with Gasteiger partial charge in [-0.3, -0.25) is 0 Å². The molecule has 1 saturated heterocycles. The lowest BCUT2D eigenvalue weighted by molar-refractivity contribution is 0.479. The minimum absolute atomic E-state index is 0.656. The van der Waals surface area contributed by atoms with Crippen LogP contribution in [0.25, 0.3) is 0 Å². The molecule has 0 saturated carbocycles. The van der Waals surface area contributed by atoms with E-state index in [0.29, 0.717) is 10.7 Å². The first-order valence-corrected chi connectivity index (χ1v) is 8.47. The van der Waals surface area contributed by atoms with Gasteiger partial charge in [0.25, 0.3) is 0 Å². The number of hydrogen-bond donors (Lipinski definition) is 2. The van der Waals surface area contributed by atoms with Crippen LogP contribution in [0.15, 0.2) is 0 Å². The van der Waals surface area contributed by atoms with Crippen molar-refractivity contribution in [3.8, 4) is 0 Å². The van der Waals surface area contributed by atoms with Gasteiger partial charge in [0.1, 0.15) is 0 Å². The maximum Gasteiger partial charge on any atom is 0.0682 e. The zero-order valence-electron chi connectivity index (χ0n) is 11.6. The number of nitrogens with one attached hydrogen (secondary N) is 2. The third-order valence-electron chi connectivity index (χ3n) is 3.37. The summed E-state index contributed by atoms with van der Waals surface area (Å²) in [6.45, 7) is 4.55. The molecule has 0 spiro atoms. The fourth-order valence-corrected chi connectivity index (χ4v) is 3.52. The molecular weight excluding hydrogens is 228 g/mol. The van der Waals surface area contributed by atoms with E-state index in [1.807, 2.05) is 0 Å². The van der Waals surface area contributed by atoms with Gasteiger partial charge in [-0.1, -0.05) is 65.2 Å². The lowest BCUT2D eigenvalue weighted by Gasteiger charge is -2.09. The fraction of sp³-hybridized carbons (Fsp3) is 1.00. The first-order chi connectivity index (χ1) is 8.36. The number of hydrogen-bond acceptors (Lipinski definition) is 3. The van der Waals surface area contributed by atoms with Gasteiger partial charge in [0, 0.05) is 0 Å². The van der Waals surface area contributed by atoms with Crippen LogP contribution < -0.4 is 10.9 Å². The predicted octanol–water partition coefficient (Wildman–Crippen LogP) is 4.42. The van der Waals surface area contributed by atoms with E-state index in [4.69, 9.17) is 0 Å². The Labute approximate surface area is 112 Å². The van der Waals surface area contributed by atoms with Gasteiger partial charge in [0.05, 0.1) is 10.7 Å². The molecule has 1 aliphatic heterocycles. The fourth-order valence-electron chi connectivity index (χ4n) is 2.25. The largest absolute Gasteiger partial charge is 0.244 e. The summed E-state index contributed by atoms with van der Waals surface area (Å²) in [5.74, 6) is 0. The van der Waals surface area contributed by atoms with Gasteiger partial charge in [-0.15, -0.1) is 11.8 Å². The first-order valence-electron chi connectivity index (χ1n) is 7.53. The molecule has 102 valence electrons. The molecule has 1 fully saturated rings. The van der Waals surface area contributed by atoms with Crippen LogP contribution >= 0.6 is 11.8 Å². The highest BCUT2D eigenvalue weighted by Crippen LogP contribution is 2.26. The Morgan fingerprint density at radius 1 is 0.706 bits per heavy atom. The topological polar surface area (TPSA) is 24.1 Å². The lowest BCUT2D eigenvalue weighted by Crippen LogP contribution is -2.33. The average molecular weight is 258 g/mol. The Morgan fingerprint density at radius 3 is 1.59 bits per heavy atom. The van der Waals surface area contributed by atoms with Crippen LogP contribution in [0.3, 0.4) is 0 Å². The maximum atomic E-state index is 3.44. The Balaban J connectivity index is 1.95. The van der Waals surface area contributed by atoms with Gasteiger partial charge in [0.15, 0.2) is 0 Å². The van der Waals surface area contributed by atoms with Gasteiger partial charge in [0.2, 0.25) is 0 Å². The summed E-state index contributed by atoms with van der Waals surface area (Å²) in [5, 5.41) is 1.31. The third kappa shape index (κ3) is 7.32. The Kier molecular flexibility index (Phi) is 9.21. The first kappa shape index (κ1) is 15.3. The van der Waals surface area contributed by atoms with Crippen LogP contribution in [0.4, 0.5) is 0 Å². The number of hydrazine groups is 1. The molecule has 0 amide bonds. The second kappa shape index (κ2) is 10.2. The van der Waals surface area contributed by atoms with Crippen molar-refractivity contribution in [3.05, 3.63) is 0 Å². The third-order valence-corrected chi connectivity index (χ3v) is 4.74. The summed E-state index contributed by atoms with van der Waals surface area (Å²) in [6.07, 6.45) is 13.7. The van der Waals surface area contributed by atoms with Crippen molar-refractivity contribution in [2.75, 3.05) is 0 Å². The van der Waals surface area contributed by atoms with Crippen molar-refractivity contribution < 1.29 is 0 Å². The van der Waals surface area contributed by atoms with E-state index in [-0.39, 0.29) is 0 Å². The normalized spacial score (nSPS) is 24.4. The average Bonchev–Trinajstić information content (AvgIpc) is 2.78. The van der Waals surface area contributed by atoms with Gasteiger partial charge < -0.3 is 0 Å². The monoisotopic (exact) mass is 258 g/mol. The van der Waals surface area contributed by atoms with E-state index in [9.17, 15) is 0 Å². The number of thioether (sulfide) groups is 1. The summed E-state index contributed by atoms with van der Waals surface area (Å²) < 4.78 is 0.